The van der Waals surface area contributed by atoms with Gasteiger partial charge in [-0.15, -0.1) is 0 Å². The highest BCUT2D eigenvalue weighted by atomic mass is 16.5. The standard InChI is InChI=1S/C15H19NO5/c1-7-9(3)21-13-10(7)5-4-6-11(13)14(18)16-12(8(2)17)15(19)20/h4-9,12,17H,1-3H3,(H,16,18)(H,19,20). The Balaban J connectivity index is 2.28. The Kier molecular flexibility index (Phi) is 4.18. The minimum atomic E-state index is -1.36. The summed E-state index contributed by atoms with van der Waals surface area (Å²) in [5.41, 5.74) is 1.22. The molecular formula is C15H19NO5. The van der Waals surface area contributed by atoms with Crippen LogP contribution >= 0.6 is 0 Å². The number of aliphatic carboxylic acids is 1. The van der Waals surface area contributed by atoms with Gasteiger partial charge in [0.25, 0.3) is 5.91 Å². The van der Waals surface area contributed by atoms with E-state index in [9.17, 15) is 14.7 Å². The highest BCUT2D eigenvalue weighted by Crippen LogP contribution is 2.40. The molecule has 0 aromatic heterocycles. The van der Waals surface area contributed by atoms with Crippen LogP contribution in [-0.2, 0) is 4.79 Å². The van der Waals surface area contributed by atoms with Gasteiger partial charge in [-0.1, -0.05) is 19.1 Å². The molecular weight excluding hydrogens is 274 g/mol. The summed E-state index contributed by atoms with van der Waals surface area (Å²) >= 11 is 0. The zero-order chi connectivity index (χ0) is 15.7. The summed E-state index contributed by atoms with van der Waals surface area (Å²) in [7, 11) is 0. The van der Waals surface area contributed by atoms with Crippen LogP contribution in [0.3, 0.4) is 0 Å². The number of carbonyl (C=O) groups is 2. The summed E-state index contributed by atoms with van der Waals surface area (Å²) in [5.74, 6) is -1.19. The van der Waals surface area contributed by atoms with E-state index < -0.39 is 24.0 Å². The van der Waals surface area contributed by atoms with Gasteiger partial charge in [-0.05, 0) is 19.9 Å². The zero-order valence-electron chi connectivity index (χ0n) is 12.2. The lowest BCUT2D eigenvalue weighted by molar-refractivity contribution is -0.141. The Labute approximate surface area is 122 Å². The van der Waals surface area contributed by atoms with Gasteiger partial charge in [-0.25, -0.2) is 4.79 Å². The van der Waals surface area contributed by atoms with Crippen LogP contribution in [-0.4, -0.2) is 40.3 Å². The van der Waals surface area contributed by atoms with Crippen molar-refractivity contribution in [3.63, 3.8) is 0 Å². The van der Waals surface area contributed by atoms with Gasteiger partial charge in [-0.3, -0.25) is 4.79 Å². The molecule has 0 saturated carbocycles. The molecule has 2 rings (SSSR count). The van der Waals surface area contributed by atoms with Crippen LogP contribution in [0.25, 0.3) is 0 Å². The van der Waals surface area contributed by atoms with E-state index in [0.717, 1.165) is 5.56 Å². The number of rotatable bonds is 4. The molecule has 21 heavy (non-hydrogen) atoms. The Bertz CT molecular complexity index is 569. The molecule has 4 unspecified atom stereocenters. The second-order valence-corrected chi connectivity index (χ2v) is 5.37. The number of hydrogen-bond acceptors (Lipinski definition) is 4. The maximum Gasteiger partial charge on any atom is 0.328 e. The van der Waals surface area contributed by atoms with Gasteiger partial charge in [-0.2, -0.15) is 0 Å². The number of amides is 1. The van der Waals surface area contributed by atoms with Crippen molar-refractivity contribution in [3.8, 4) is 5.75 Å². The zero-order valence-corrected chi connectivity index (χ0v) is 12.2. The van der Waals surface area contributed by atoms with E-state index in [0.29, 0.717) is 5.75 Å². The third kappa shape index (κ3) is 2.85. The van der Waals surface area contributed by atoms with Crippen LogP contribution in [0.5, 0.6) is 5.75 Å². The first-order valence-electron chi connectivity index (χ1n) is 6.84. The number of aliphatic hydroxyl groups is 1. The second kappa shape index (κ2) is 5.73. The molecule has 0 spiro atoms. The normalized spacial score (nSPS) is 22.9. The van der Waals surface area contributed by atoms with Crippen molar-refractivity contribution >= 4 is 11.9 Å². The van der Waals surface area contributed by atoms with Crippen LogP contribution in [0.15, 0.2) is 18.2 Å². The van der Waals surface area contributed by atoms with E-state index in [4.69, 9.17) is 9.84 Å². The topological polar surface area (TPSA) is 95.9 Å². The highest BCUT2D eigenvalue weighted by Gasteiger charge is 2.32. The molecule has 1 aliphatic rings. The van der Waals surface area contributed by atoms with E-state index in [-0.39, 0.29) is 17.6 Å². The molecule has 6 nitrogen and oxygen atoms in total. The van der Waals surface area contributed by atoms with Crippen molar-refractivity contribution in [3.05, 3.63) is 29.3 Å². The molecule has 0 aliphatic carbocycles. The van der Waals surface area contributed by atoms with E-state index in [2.05, 4.69) is 5.32 Å². The Morgan fingerprint density at radius 2 is 2.00 bits per heavy atom. The molecule has 4 atom stereocenters. The minimum absolute atomic E-state index is 0.0408. The number of carbonyl (C=O) groups excluding carboxylic acids is 1. The number of fused-ring (bicyclic) bond motifs is 1. The monoisotopic (exact) mass is 293 g/mol. The molecule has 1 heterocycles. The third-order valence-electron chi connectivity index (χ3n) is 3.82. The average molecular weight is 293 g/mol. The van der Waals surface area contributed by atoms with Crippen molar-refractivity contribution in [2.24, 2.45) is 0 Å². The van der Waals surface area contributed by atoms with Gasteiger partial charge < -0.3 is 20.3 Å². The smallest absolute Gasteiger partial charge is 0.328 e. The number of carboxylic acid groups (broad SMARTS) is 1. The fourth-order valence-electron chi connectivity index (χ4n) is 2.37. The van der Waals surface area contributed by atoms with Gasteiger partial charge in [0.1, 0.15) is 11.9 Å². The van der Waals surface area contributed by atoms with Crippen molar-refractivity contribution in [1.29, 1.82) is 0 Å². The maximum absolute atomic E-state index is 12.3. The molecule has 1 amide bonds. The predicted molar refractivity (Wildman–Crippen MR) is 75.5 cm³/mol. The molecule has 0 saturated heterocycles. The number of para-hydroxylation sites is 1. The lowest BCUT2D eigenvalue weighted by Crippen LogP contribution is -2.47. The second-order valence-electron chi connectivity index (χ2n) is 5.37. The number of nitrogens with one attached hydrogen (secondary N) is 1. The Hall–Kier alpha value is -2.08. The molecule has 1 aromatic rings. The maximum atomic E-state index is 12.3. The molecule has 0 radical (unpaired) electrons. The third-order valence-corrected chi connectivity index (χ3v) is 3.82. The SMILES string of the molecule is CC(O)C(NC(=O)c1cccc2c1OC(C)C2C)C(=O)O. The summed E-state index contributed by atoms with van der Waals surface area (Å²) in [5, 5.41) is 20.8. The molecule has 1 aromatic carbocycles. The number of hydrogen-bond donors (Lipinski definition) is 3. The van der Waals surface area contributed by atoms with E-state index in [1.807, 2.05) is 19.9 Å². The summed E-state index contributed by atoms with van der Waals surface area (Å²) in [6.45, 7) is 5.24. The van der Waals surface area contributed by atoms with Gasteiger partial charge in [0.15, 0.2) is 6.04 Å². The molecule has 3 N–H and O–H groups in total. The fraction of sp³-hybridized carbons (Fsp3) is 0.467. The van der Waals surface area contributed by atoms with E-state index in [1.165, 1.54) is 6.92 Å². The molecule has 114 valence electrons. The van der Waals surface area contributed by atoms with Crippen LogP contribution < -0.4 is 10.1 Å². The largest absolute Gasteiger partial charge is 0.489 e. The van der Waals surface area contributed by atoms with E-state index in [1.54, 1.807) is 12.1 Å². The van der Waals surface area contributed by atoms with Gasteiger partial charge >= 0.3 is 5.97 Å². The van der Waals surface area contributed by atoms with Crippen molar-refractivity contribution < 1.29 is 24.5 Å². The summed E-state index contributed by atoms with van der Waals surface area (Å²) in [6.07, 6.45) is -1.23. The summed E-state index contributed by atoms with van der Waals surface area (Å²) < 4.78 is 5.70. The first-order chi connectivity index (χ1) is 9.82. The molecule has 0 fully saturated rings. The molecule has 6 heteroatoms. The number of benzene rings is 1. The van der Waals surface area contributed by atoms with Crippen LogP contribution in [0.1, 0.15) is 42.6 Å². The van der Waals surface area contributed by atoms with Gasteiger partial charge in [0, 0.05) is 11.5 Å². The summed E-state index contributed by atoms with van der Waals surface area (Å²) in [6, 6.07) is 3.86. The van der Waals surface area contributed by atoms with Gasteiger partial charge in [0.2, 0.25) is 0 Å². The molecule has 1 aliphatic heterocycles. The summed E-state index contributed by atoms with van der Waals surface area (Å²) in [4.78, 5) is 23.3. The van der Waals surface area contributed by atoms with Crippen LogP contribution in [0.4, 0.5) is 0 Å². The van der Waals surface area contributed by atoms with Crippen molar-refractivity contribution in [2.45, 2.75) is 44.9 Å². The predicted octanol–water partition coefficient (Wildman–Crippen LogP) is 1.13. The average Bonchev–Trinajstić information content (AvgIpc) is 2.70. The Morgan fingerprint density at radius 3 is 2.57 bits per heavy atom. The van der Waals surface area contributed by atoms with Crippen LogP contribution in [0, 0.1) is 0 Å². The number of carboxylic acids is 1. The fourth-order valence-corrected chi connectivity index (χ4v) is 2.37. The van der Waals surface area contributed by atoms with E-state index >= 15 is 0 Å². The highest BCUT2D eigenvalue weighted by molar-refractivity contribution is 5.99. The lowest BCUT2D eigenvalue weighted by atomic mass is 9.96. The molecule has 0 bridgehead atoms. The number of aliphatic hydroxyl groups excluding tert-OH is 1. The quantitative estimate of drug-likeness (QED) is 0.773. The lowest BCUT2D eigenvalue weighted by Gasteiger charge is -2.18. The first kappa shape index (κ1) is 15.3. The van der Waals surface area contributed by atoms with Gasteiger partial charge in [0.05, 0.1) is 11.7 Å². The first-order valence-corrected chi connectivity index (χ1v) is 6.84. The minimum Gasteiger partial charge on any atom is -0.489 e. The number of ether oxygens (including phenoxy) is 1. The van der Waals surface area contributed by atoms with Crippen molar-refractivity contribution in [1.82, 2.24) is 5.32 Å². The van der Waals surface area contributed by atoms with Crippen LogP contribution in [0.2, 0.25) is 0 Å². The van der Waals surface area contributed by atoms with Crippen molar-refractivity contribution in [2.75, 3.05) is 0 Å². The Morgan fingerprint density at radius 1 is 1.33 bits per heavy atom.